The standard InChI is InChI=1S/C13H22ClN3O/c1-4-15-10(12-6-5-7-18-12)8-11-13(14)9(2)16-17(11)3/h10,12,15H,4-8H2,1-3H3. The summed E-state index contributed by atoms with van der Waals surface area (Å²) in [5.74, 6) is 0. The fraction of sp³-hybridized carbons (Fsp3) is 0.769. The molecule has 4 nitrogen and oxygen atoms in total. The predicted octanol–water partition coefficient (Wildman–Crippen LogP) is 2.08. The largest absolute Gasteiger partial charge is 0.377 e. The van der Waals surface area contributed by atoms with E-state index in [1.807, 2.05) is 18.7 Å². The number of nitrogens with one attached hydrogen (secondary N) is 1. The van der Waals surface area contributed by atoms with Gasteiger partial charge in [-0.3, -0.25) is 4.68 Å². The van der Waals surface area contributed by atoms with E-state index in [0.717, 1.165) is 48.8 Å². The lowest BCUT2D eigenvalue weighted by Crippen LogP contribution is -2.41. The van der Waals surface area contributed by atoms with Crippen molar-refractivity contribution in [1.29, 1.82) is 0 Å². The zero-order valence-electron chi connectivity index (χ0n) is 11.4. The Labute approximate surface area is 114 Å². The molecule has 1 aromatic heterocycles. The van der Waals surface area contributed by atoms with Crippen LogP contribution in [0, 0.1) is 6.92 Å². The second kappa shape index (κ2) is 6.04. The third kappa shape index (κ3) is 2.87. The van der Waals surface area contributed by atoms with Gasteiger partial charge in [0, 0.05) is 26.1 Å². The lowest BCUT2D eigenvalue weighted by atomic mass is 10.0. The molecular formula is C13H22ClN3O. The quantitative estimate of drug-likeness (QED) is 0.891. The number of hydrogen-bond donors (Lipinski definition) is 1. The minimum absolute atomic E-state index is 0.302. The van der Waals surface area contributed by atoms with Crippen molar-refractivity contribution in [3.8, 4) is 0 Å². The van der Waals surface area contributed by atoms with E-state index in [2.05, 4.69) is 17.3 Å². The van der Waals surface area contributed by atoms with Crippen molar-refractivity contribution in [2.45, 2.75) is 45.3 Å². The van der Waals surface area contributed by atoms with Gasteiger partial charge in [-0.25, -0.2) is 0 Å². The van der Waals surface area contributed by atoms with Crippen LogP contribution in [0.25, 0.3) is 0 Å². The number of aryl methyl sites for hydroxylation is 2. The summed E-state index contributed by atoms with van der Waals surface area (Å²) in [6.07, 6.45) is 3.46. The monoisotopic (exact) mass is 271 g/mol. The molecular weight excluding hydrogens is 250 g/mol. The Hall–Kier alpha value is -0.580. The summed E-state index contributed by atoms with van der Waals surface area (Å²) in [5, 5.41) is 8.67. The SMILES string of the molecule is CCNC(Cc1c(Cl)c(C)nn1C)C1CCCO1. The first-order valence-electron chi connectivity index (χ1n) is 6.66. The highest BCUT2D eigenvalue weighted by Gasteiger charge is 2.27. The summed E-state index contributed by atoms with van der Waals surface area (Å²) in [6.45, 7) is 5.89. The summed E-state index contributed by atoms with van der Waals surface area (Å²) >= 11 is 6.31. The molecule has 2 heterocycles. The summed E-state index contributed by atoms with van der Waals surface area (Å²) in [4.78, 5) is 0. The molecule has 0 radical (unpaired) electrons. The summed E-state index contributed by atoms with van der Waals surface area (Å²) < 4.78 is 7.68. The van der Waals surface area contributed by atoms with Crippen LogP contribution in [-0.4, -0.2) is 35.1 Å². The van der Waals surface area contributed by atoms with Gasteiger partial charge in [-0.05, 0) is 26.3 Å². The van der Waals surface area contributed by atoms with Gasteiger partial charge >= 0.3 is 0 Å². The first-order valence-corrected chi connectivity index (χ1v) is 7.04. The molecule has 1 N–H and O–H groups in total. The van der Waals surface area contributed by atoms with Gasteiger partial charge in [-0.15, -0.1) is 0 Å². The highest BCUT2D eigenvalue weighted by molar-refractivity contribution is 6.31. The van der Waals surface area contributed by atoms with Gasteiger partial charge in [0.15, 0.2) is 0 Å². The number of nitrogens with zero attached hydrogens (tertiary/aromatic N) is 2. The molecule has 0 bridgehead atoms. The van der Waals surface area contributed by atoms with Crippen molar-refractivity contribution in [2.24, 2.45) is 7.05 Å². The van der Waals surface area contributed by atoms with Crippen LogP contribution in [0.5, 0.6) is 0 Å². The number of likely N-dealkylation sites (N-methyl/N-ethyl adjacent to an activating group) is 1. The van der Waals surface area contributed by atoms with Gasteiger partial charge in [0.05, 0.1) is 22.5 Å². The Morgan fingerprint density at radius 1 is 1.61 bits per heavy atom. The molecule has 5 heteroatoms. The third-order valence-corrected chi connectivity index (χ3v) is 4.05. The lowest BCUT2D eigenvalue weighted by Gasteiger charge is -2.24. The molecule has 1 aliphatic rings. The molecule has 0 spiro atoms. The Balaban J connectivity index is 2.12. The maximum absolute atomic E-state index is 6.31. The Kier molecular flexibility index (Phi) is 4.65. The van der Waals surface area contributed by atoms with Crippen molar-refractivity contribution < 1.29 is 4.74 Å². The van der Waals surface area contributed by atoms with E-state index in [1.54, 1.807) is 0 Å². The van der Waals surface area contributed by atoms with E-state index >= 15 is 0 Å². The average Bonchev–Trinajstić information content (AvgIpc) is 2.93. The number of ether oxygens (including phenoxy) is 1. The highest BCUT2D eigenvalue weighted by atomic mass is 35.5. The lowest BCUT2D eigenvalue weighted by molar-refractivity contribution is 0.0783. The van der Waals surface area contributed by atoms with E-state index in [1.165, 1.54) is 0 Å². The van der Waals surface area contributed by atoms with Crippen LogP contribution in [0.4, 0.5) is 0 Å². The molecule has 1 fully saturated rings. The van der Waals surface area contributed by atoms with E-state index in [0.29, 0.717) is 12.1 Å². The molecule has 2 rings (SSSR count). The van der Waals surface area contributed by atoms with Gasteiger partial charge in [0.25, 0.3) is 0 Å². The molecule has 18 heavy (non-hydrogen) atoms. The van der Waals surface area contributed by atoms with E-state index < -0.39 is 0 Å². The van der Waals surface area contributed by atoms with Crippen molar-refractivity contribution >= 4 is 11.6 Å². The zero-order chi connectivity index (χ0) is 13.1. The second-order valence-electron chi connectivity index (χ2n) is 4.89. The number of hydrogen-bond acceptors (Lipinski definition) is 3. The van der Waals surface area contributed by atoms with E-state index in [-0.39, 0.29) is 0 Å². The fourth-order valence-electron chi connectivity index (χ4n) is 2.63. The van der Waals surface area contributed by atoms with E-state index in [4.69, 9.17) is 16.3 Å². The number of halogens is 1. The van der Waals surface area contributed by atoms with Gasteiger partial charge in [0.1, 0.15) is 0 Å². The molecule has 102 valence electrons. The topological polar surface area (TPSA) is 39.1 Å². The van der Waals surface area contributed by atoms with Crippen LogP contribution in [0.3, 0.4) is 0 Å². The predicted molar refractivity (Wildman–Crippen MR) is 73.1 cm³/mol. The zero-order valence-corrected chi connectivity index (χ0v) is 12.1. The maximum Gasteiger partial charge on any atom is 0.0847 e. The van der Waals surface area contributed by atoms with Crippen LogP contribution in [-0.2, 0) is 18.2 Å². The minimum Gasteiger partial charge on any atom is -0.377 e. The van der Waals surface area contributed by atoms with Crippen molar-refractivity contribution in [3.63, 3.8) is 0 Å². The number of aromatic nitrogens is 2. The Morgan fingerprint density at radius 3 is 2.89 bits per heavy atom. The van der Waals surface area contributed by atoms with Crippen LogP contribution < -0.4 is 5.32 Å². The summed E-state index contributed by atoms with van der Waals surface area (Å²) in [5.41, 5.74) is 1.99. The Morgan fingerprint density at radius 2 is 2.39 bits per heavy atom. The summed E-state index contributed by atoms with van der Waals surface area (Å²) in [6, 6.07) is 0.324. The fourth-order valence-corrected chi connectivity index (χ4v) is 2.86. The van der Waals surface area contributed by atoms with Gasteiger partial charge in [0.2, 0.25) is 0 Å². The van der Waals surface area contributed by atoms with E-state index in [9.17, 15) is 0 Å². The molecule has 1 aliphatic heterocycles. The Bertz CT molecular complexity index is 399. The van der Waals surface area contributed by atoms with Crippen molar-refractivity contribution in [2.75, 3.05) is 13.2 Å². The van der Waals surface area contributed by atoms with Crippen LogP contribution >= 0.6 is 11.6 Å². The molecule has 2 atom stereocenters. The maximum atomic E-state index is 6.31. The van der Waals surface area contributed by atoms with Crippen molar-refractivity contribution in [1.82, 2.24) is 15.1 Å². The second-order valence-corrected chi connectivity index (χ2v) is 5.27. The molecule has 1 saturated heterocycles. The first-order chi connectivity index (χ1) is 8.63. The van der Waals surface area contributed by atoms with Crippen LogP contribution in [0.1, 0.15) is 31.2 Å². The minimum atomic E-state index is 0.302. The molecule has 0 amide bonds. The van der Waals surface area contributed by atoms with Crippen LogP contribution in [0.15, 0.2) is 0 Å². The number of rotatable bonds is 5. The molecule has 2 unspecified atom stereocenters. The van der Waals surface area contributed by atoms with Gasteiger partial charge in [-0.2, -0.15) is 5.10 Å². The molecule has 0 aliphatic carbocycles. The third-order valence-electron chi connectivity index (χ3n) is 3.55. The van der Waals surface area contributed by atoms with Crippen molar-refractivity contribution in [3.05, 3.63) is 16.4 Å². The molecule has 0 saturated carbocycles. The highest BCUT2D eigenvalue weighted by Crippen LogP contribution is 2.24. The van der Waals surface area contributed by atoms with Gasteiger partial charge < -0.3 is 10.1 Å². The van der Waals surface area contributed by atoms with Gasteiger partial charge in [-0.1, -0.05) is 18.5 Å². The van der Waals surface area contributed by atoms with Crippen LogP contribution in [0.2, 0.25) is 5.02 Å². The molecule has 0 aromatic carbocycles. The normalized spacial score (nSPS) is 21.4. The first kappa shape index (κ1) is 13.8. The molecule has 1 aromatic rings. The average molecular weight is 272 g/mol. The summed E-state index contributed by atoms with van der Waals surface area (Å²) in [7, 11) is 1.95. The smallest absolute Gasteiger partial charge is 0.0847 e.